The predicted molar refractivity (Wildman–Crippen MR) is 51.8 cm³/mol. The van der Waals surface area contributed by atoms with Gasteiger partial charge in [0, 0.05) is 32.4 Å². The Morgan fingerprint density at radius 3 is 3.07 bits per heavy atom. The van der Waals surface area contributed by atoms with Crippen LogP contribution in [-0.4, -0.2) is 22.0 Å². The number of carbonyl (C=O) groups is 1. The molecule has 0 saturated carbocycles. The Kier molecular flexibility index (Phi) is 3.22. The number of aryl methyl sites for hydroxylation is 1. The molecule has 76 valence electrons. The highest BCUT2D eigenvalue weighted by atomic mass is 16.1. The maximum Gasteiger partial charge on any atom is 0.293 e. The van der Waals surface area contributed by atoms with Gasteiger partial charge in [0.15, 0.2) is 5.82 Å². The van der Waals surface area contributed by atoms with E-state index in [-0.39, 0.29) is 17.8 Å². The Bertz CT molecular complexity index is 385. The quantitative estimate of drug-likeness (QED) is 0.650. The highest BCUT2D eigenvalue weighted by Crippen LogP contribution is 1.91. The molecule has 0 aliphatic heterocycles. The number of nitrogens with one attached hydrogen (secondary N) is 1. The fourth-order valence-corrected chi connectivity index (χ4v) is 0.923. The lowest BCUT2D eigenvalue weighted by molar-refractivity contribution is -0.117. The van der Waals surface area contributed by atoms with Crippen molar-refractivity contribution in [2.24, 2.45) is 12.8 Å². The summed E-state index contributed by atoms with van der Waals surface area (Å²) in [6.45, 7) is 0.321. The molecule has 0 bridgehead atoms. The molecule has 1 rings (SSSR count). The molecule has 0 aromatic carbocycles. The summed E-state index contributed by atoms with van der Waals surface area (Å²) < 4.78 is 1.40. The zero-order valence-corrected chi connectivity index (χ0v) is 7.86. The summed E-state index contributed by atoms with van der Waals surface area (Å²) in [5, 5.41) is 2.74. The van der Waals surface area contributed by atoms with Gasteiger partial charge in [-0.15, -0.1) is 0 Å². The fraction of sp³-hybridized carbons (Fsp3) is 0.375. The van der Waals surface area contributed by atoms with Crippen LogP contribution in [0.5, 0.6) is 0 Å². The van der Waals surface area contributed by atoms with Crippen molar-refractivity contribution in [1.29, 1.82) is 0 Å². The molecule has 0 aliphatic rings. The third kappa shape index (κ3) is 2.58. The van der Waals surface area contributed by atoms with Gasteiger partial charge in [-0.05, 0) is 0 Å². The molecule has 0 fully saturated rings. The van der Waals surface area contributed by atoms with Gasteiger partial charge in [0.2, 0.25) is 5.91 Å². The average Bonchev–Trinajstić information content (AvgIpc) is 2.12. The minimum Gasteiger partial charge on any atom is -0.370 e. The van der Waals surface area contributed by atoms with Crippen molar-refractivity contribution < 1.29 is 4.79 Å². The molecule has 6 nitrogen and oxygen atoms in total. The van der Waals surface area contributed by atoms with Crippen molar-refractivity contribution in [2.45, 2.75) is 6.42 Å². The number of primary amides is 1. The molecule has 3 N–H and O–H groups in total. The molecule has 1 aromatic rings. The molecule has 0 spiro atoms. The maximum absolute atomic E-state index is 11.4. The van der Waals surface area contributed by atoms with E-state index in [1.807, 2.05) is 0 Å². The number of aromatic nitrogens is 2. The third-order valence-electron chi connectivity index (χ3n) is 1.68. The predicted octanol–water partition coefficient (Wildman–Crippen LogP) is -0.932. The number of hydrogen-bond donors (Lipinski definition) is 2. The summed E-state index contributed by atoms with van der Waals surface area (Å²) in [5.74, 6) is -0.179. The minimum absolute atomic E-state index is 0.180. The van der Waals surface area contributed by atoms with Crippen molar-refractivity contribution in [2.75, 3.05) is 11.9 Å². The molecule has 0 aliphatic carbocycles. The van der Waals surface area contributed by atoms with E-state index in [0.717, 1.165) is 0 Å². The maximum atomic E-state index is 11.4. The van der Waals surface area contributed by atoms with Gasteiger partial charge >= 0.3 is 0 Å². The van der Waals surface area contributed by atoms with E-state index < -0.39 is 5.91 Å². The van der Waals surface area contributed by atoms with Crippen LogP contribution in [0.2, 0.25) is 0 Å². The van der Waals surface area contributed by atoms with Crippen LogP contribution >= 0.6 is 0 Å². The normalized spacial score (nSPS) is 9.79. The van der Waals surface area contributed by atoms with Crippen LogP contribution in [0.3, 0.4) is 0 Å². The molecular weight excluding hydrogens is 184 g/mol. The van der Waals surface area contributed by atoms with Crippen molar-refractivity contribution in [3.63, 3.8) is 0 Å². The van der Waals surface area contributed by atoms with Gasteiger partial charge in [-0.25, -0.2) is 4.98 Å². The highest BCUT2D eigenvalue weighted by Gasteiger charge is 2.01. The summed E-state index contributed by atoms with van der Waals surface area (Å²) in [7, 11) is 1.63. The summed E-state index contributed by atoms with van der Waals surface area (Å²) in [4.78, 5) is 25.6. The van der Waals surface area contributed by atoms with Gasteiger partial charge in [0.1, 0.15) is 0 Å². The molecule has 0 atom stereocenters. The van der Waals surface area contributed by atoms with Crippen LogP contribution in [0, 0.1) is 0 Å². The number of carbonyl (C=O) groups excluding carboxylic acids is 1. The van der Waals surface area contributed by atoms with Crippen molar-refractivity contribution in [1.82, 2.24) is 9.55 Å². The van der Waals surface area contributed by atoms with E-state index in [4.69, 9.17) is 5.73 Å². The molecule has 14 heavy (non-hydrogen) atoms. The number of amides is 1. The van der Waals surface area contributed by atoms with E-state index in [2.05, 4.69) is 10.3 Å². The molecule has 0 unspecified atom stereocenters. The van der Waals surface area contributed by atoms with Crippen LogP contribution < -0.4 is 16.6 Å². The second-order valence-corrected chi connectivity index (χ2v) is 2.83. The molecule has 1 amide bonds. The van der Waals surface area contributed by atoms with Gasteiger partial charge in [-0.3, -0.25) is 9.59 Å². The van der Waals surface area contributed by atoms with Crippen LogP contribution in [0.4, 0.5) is 5.82 Å². The van der Waals surface area contributed by atoms with Gasteiger partial charge in [0.25, 0.3) is 5.56 Å². The van der Waals surface area contributed by atoms with Gasteiger partial charge in [0.05, 0.1) is 0 Å². The number of nitrogens with zero attached hydrogens (tertiary/aromatic N) is 2. The first kappa shape index (κ1) is 10.2. The molecule has 1 heterocycles. The minimum atomic E-state index is -0.412. The highest BCUT2D eigenvalue weighted by molar-refractivity contribution is 5.74. The Balaban J connectivity index is 2.64. The second kappa shape index (κ2) is 4.40. The molecule has 0 saturated heterocycles. The number of nitrogens with two attached hydrogens (primary N) is 1. The van der Waals surface area contributed by atoms with Gasteiger partial charge < -0.3 is 15.6 Å². The Hall–Kier alpha value is -1.85. The summed E-state index contributed by atoms with van der Waals surface area (Å²) >= 11 is 0. The molecule has 0 radical (unpaired) electrons. The topological polar surface area (TPSA) is 90.0 Å². The monoisotopic (exact) mass is 196 g/mol. The van der Waals surface area contributed by atoms with Gasteiger partial charge in [-0.2, -0.15) is 0 Å². The molecular formula is C8H12N4O2. The first-order valence-corrected chi connectivity index (χ1v) is 4.15. The first-order chi connectivity index (χ1) is 6.61. The number of rotatable bonds is 4. The second-order valence-electron chi connectivity index (χ2n) is 2.83. The first-order valence-electron chi connectivity index (χ1n) is 4.15. The van der Waals surface area contributed by atoms with E-state index in [1.54, 1.807) is 13.2 Å². The van der Waals surface area contributed by atoms with Crippen LogP contribution in [-0.2, 0) is 11.8 Å². The van der Waals surface area contributed by atoms with Crippen molar-refractivity contribution in [3.8, 4) is 0 Å². The lowest BCUT2D eigenvalue weighted by Gasteiger charge is -2.03. The SMILES string of the molecule is Cn1ccnc(NCCC(N)=O)c1=O. The van der Waals surface area contributed by atoms with E-state index in [1.165, 1.54) is 10.8 Å². The number of anilines is 1. The fourth-order valence-electron chi connectivity index (χ4n) is 0.923. The van der Waals surface area contributed by atoms with Crippen LogP contribution in [0.15, 0.2) is 17.2 Å². The lowest BCUT2D eigenvalue weighted by Crippen LogP contribution is -2.24. The molecule has 1 aromatic heterocycles. The Morgan fingerprint density at radius 2 is 2.43 bits per heavy atom. The van der Waals surface area contributed by atoms with Crippen LogP contribution in [0.25, 0.3) is 0 Å². The summed E-state index contributed by atoms with van der Waals surface area (Å²) in [6.07, 6.45) is 3.25. The van der Waals surface area contributed by atoms with E-state index in [9.17, 15) is 9.59 Å². The lowest BCUT2D eigenvalue weighted by atomic mass is 10.4. The standard InChI is InChI=1S/C8H12N4O2/c1-12-5-4-11-7(8(12)14)10-3-2-6(9)13/h4-5H,2-3H2,1H3,(H2,9,13)(H,10,11). The largest absolute Gasteiger partial charge is 0.370 e. The van der Waals surface area contributed by atoms with E-state index >= 15 is 0 Å². The van der Waals surface area contributed by atoms with Gasteiger partial charge in [-0.1, -0.05) is 0 Å². The Morgan fingerprint density at radius 1 is 1.71 bits per heavy atom. The third-order valence-corrected chi connectivity index (χ3v) is 1.68. The van der Waals surface area contributed by atoms with E-state index in [0.29, 0.717) is 6.54 Å². The Labute approximate surface area is 80.8 Å². The zero-order chi connectivity index (χ0) is 10.6. The van der Waals surface area contributed by atoms with Crippen molar-refractivity contribution >= 4 is 11.7 Å². The number of hydrogen-bond acceptors (Lipinski definition) is 4. The smallest absolute Gasteiger partial charge is 0.293 e. The van der Waals surface area contributed by atoms with Crippen molar-refractivity contribution in [3.05, 3.63) is 22.7 Å². The van der Waals surface area contributed by atoms with Crippen LogP contribution in [0.1, 0.15) is 6.42 Å². The summed E-state index contributed by atoms with van der Waals surface area (Å²) in [5.41, 5.74) is 4.72. The zero-order valence-electron chi connectivity index (χ0n) is 7.86. The summed E-state index contributed by atoms with van der Waals surface area (Å²) in [6, 6.07) is 0. The molecule has 6 heteroatoms. The average molecular weight is 196 g/mol.